The molecule has 2 unspecified atom stereocenters. The first kappa shape index (κ1) is 23.5. The van der Waals surface area contributed by atoms with E-state index in [-0.39, 0.29) is 24.2 Å². The van der Waals surface area contributed by atoms with Gasteiger partial charge in [0.05, 0.1) is 17.6 Å². The van der Waals surface area contributed by atoms with Crippen molar-refractivity contribution in [3.05, 3.63) is 47.7 Å². The average molecular weight is 478 g/mol. The third kappa shape index (κ3) is 4.56. The monoisotopic (exact) mass is 477 g/mol. The molecule has 186 valence electrons. The number of carbonyl (C=O) groups is 2. The highest BCUT2D eigenvalue weighted by atomic mass is 16.2. The van der Waals surface area contributed by atoms with Gasteiger partial charge in [0.25, 0.3) is 0 Å². The van der Waals surface area contributed by atoms with Crippen LogP contribution in [0, 0.1) is 17.3 Å². The highest BCUT2D eigenvalue weighted by Crippen LogP contribution is 2.62. The molecule has 1 aliphatic heterocycles. The maximum atomic E-state index is 12.2. The van der Waals surface area contributed by atoms with Crippen molar-refractivity contribution in [2.75, 3.05) is 6.54 Å². The second-order valence-electron chi connectivity index (χ2n) is 10.3. The Balaban J connectivity index is 0.000000806. The van der Waals surface area contributed by atoms with E-state index in [1.165, 1.54) is 37.8 Å². The third-order valence-corrected chi connectivity index (χ3v) is 8.21. The SMILES string of the molecule is CCn1nccc1C(c1cn2nc(CC3CCCNC3=O)ccc2n1)C1CC2(CCC2)C1.NC=O. The summed E-state index contributed by atoms with van der Waals surface area (Å²) in [5.41, 5.74) is 8.98. The van der Waals surface area contributed by atoms with Crippen molar-refractivity contribution in [2.24, 2.45) is 23.0 Å². The lowest BCUT2D eigenvalue weighted by molar-refractivity contribution is -0.126. The lowest BCUT2D eigenvalue weighted by atomic mass is 9.49. The fourth-order valence-corrected chi connectivity index (χ4v) is 6.36. The molecule has 2 amide bonds. The van der Waals surface area contributed by atoms with Crippen LogP contribution >= 0.6 is 0 Å². The lowest BCUT2D eigenvalue weighted by Crippen LogP contribution is -2.45. The molecule has 0 aromatic carbocycles. The molecule has 3 aromatic heterocycles. The van der Waals surface area contributed by atoms with Crippen molar-refractivity contribution < 1.29 is 9.59 Å². The van der Waals surface area contributed by atoms with Crippen LogP contribution in [0.1, 0.15) is 74.9 Å². The normalized spacial score (nSPS) is 22.0. The molecule has 2 atom stereocenters. The molecule has 0 radical (unpaired) electrons. The van der Waals surface area contributed by atoms with E-state index < -0.39 is 0 Å². The highest BCUT2D eigenvalue weighted by Gasteiger charge is 2.51. The highest BCUT2D eigenvalue weighted by molar-refractivity contribution is 5.79. The molecule has 2 aliphatic carbocycles. The summed E-state index contributed by atoms with van der Waals surface area (Å²) in [5.74, 6) is 1.06. The molecule has 2 saturated carbocycles. The van der Waals surface area contributed by atoms with Crippen LogP contribution in [0.15, 0.2) is 30.6 Å². The fourth-order valence-electron chi connectivity index (χ4n) is 6.36. The number of nitrogens with one attached hydrogen (secondary N) is 1. The van der Waals surface area contributed by atoms with Gasteiger partial charge in [-0.25, -0.2) is 9.50 Å². The van der Waals surface area contributed by atoms with Crippen molar-refractivity contribution in [1.29, 1.82) is 0 Å². The average Bonchev–Trinajstić information content (AvgIpc) is 3.43. The van der Waals surface area contributed by atoms with Crippen molar-refractivity contribution in [3.8, 4) is 0 Å². The van der Waals surface area contributed by atoms with Crippen LogP contribution in [0.3, 0.4) is 0 Å². The predicted molar refractivity (Wildman–Crippen MR) is 131 cm³/mol. The number of aryl methyl sites for hydroxylation is 1. The van der Waals surface area contributed by atoms with E-state index in [4.69, 9.17) is 14.9 Å². The zero-order valence-electron chi connectivity index (χ0n) is 20.4. The molecule has 1 saturated heterocycles. The Kier molecular flexibility index (Phi) is 6.58. The number of carbonyl (C=O) groups excluding carboxylic acids is 2. The number of nitrogens with two attached hydrogens (primary N) is 1. The Bertz CT molecular complexity index is 1190. The number of rotatable bonds is 6. The van der Waals surface area contributed by atoms with Crippen LogP contribution in [-0.2, 0) is 22.6 Å². The molecular weight excluding hydrogens is 442 g/mol. The third-order valence-electron chi connectivity index (χ3n) is 8.21. The van der Waals surface area contributed by atoms with Gasteiger partial charge in [-0.15, -0.1) is 0 Å². The van der Waals surface area contributed by atoms with Crippen LogP contribution in [0.25, 0.3) is 5.65 Å². The first-order chi connectivity index (χ1) is 17.1. The van der Waals surface area contributed by atoms with Crippen LogP contribution in [-0.4, -0.2) is 43.2 Å². The van der Waals surface area contributed by atoms with Crippen molar-refractivity contribution >= 4 is 18.0 Å². The van der Waals surface area contributed by atoms with Crippen molar-refractivity contribution in [1.82, 2.24) is 29.7 Å². The number of primary amides is 1. The molecule has 6 rings (SSSR count). The number of aromatic nitrogens is 5. The van der Waals surface area contributed by atoms with Crippen LogP contribution in [0.5, 0.6) is 0 Å². The van der Waals surface area contributed by atoms with Crippen molar-refractivity contribution in [2.45, 2.75) is 70.8 Å². The predicted octanol–water partition coefficient (Wildman–Crippen LogP) is 2.83. The number of imidazole rings is 1. The molecule has 4 heterocycles. The zero-order chi connectivity index (χ0) is 24.4. The van der Waals surface area contributed by atoms with Gasteiger partial charge in [-0.1, -0.05) is 6.42 Å². The topological polar surface area (TPSA) is 120 Å². The quantitative estimate of drug-likeness (QED) is 0.529. The van der Waals surface area contributed by atoms with Gasteiger partial charge in [0.1, 0.15) is 0 Å². The molecule has 0 bridgehead atoms. The van der Waals surface area contributed by atoms with E-state index in [1.54, 1.807) is 0 Å². The minimum Gasteiger partial charge on any atom is -0.372 e. The Morgan fingerprint density at radius 2 is 2.06 bits per heavy atom. The molecule has 3 N–H and O–H groups in total. The van der Waals surface area contributed by atoms with Crippen LogP contribution < -0.4 is 11.1 Å². The first-order valence-corrected chi connectivity index (χ1v) is 12.9. The number of hydrogen-bond donors (Lipinski definition) is 2. The number of piperidine rings is 1. The van der Waals surface area contributed by atoms with E-state index >= 15 is 0 Å². The first-order valence-electron chi connectivity index (χ1n) is 12.9. The van der Waals surface area contributed by atoms with E-state index in [9.17, 15) is 4.79 Å². The Morgan fingerprint density at radius 1 is 1.26 bits per heavy atom. The molecule has 35 heavy (non-hydrogen) atoms. The summed E-state index contributed by atoms with van der Waals surface area (Å²) in [5, 5.41) is 12.4. The Hall–Kier alpha value is -3.23. The Labute approximate surface area is 205 Å². The maximum absolute atomic E-state index is 12.2. The fraction of sp³-hybridized carbons (Fsp3) is 0.577. The summed E-state index contributed by atoms with van der Waals surface area (Å²) < 4.78 is 4.05. The Morgan fingerprint density at radius 3 is 2.74 bits per heavy atom. The van der Waals surface area contributed by atoms with Gasteiger partial charge in [0.15, 0.2) is 5.65 Å². The second kappa shape index (κ2) is 9.79. The van der Waals surface area contributed by atoms with E-state index in [0.717, 1.165) is 43.0 Å². The summed E-state index contributed by atoms with van der Waals surface area (Å²) in [6.45, 7) is 3.82. The lowest BCUT2D eigenvalue weighted by Gasteiger charge is -2.56. The number of nitrogens with zero attached hydrogens (tertiary/aromatic N) is 5. The van der Waals surface area contributed by atoms with Gasteiger partial charge >= 0.3 is 0 Å². The van der Waals surface area contributed by atoms with E-state index in [0.29, 0.717) is 17.8 Å². The number of hydrogen-bond acceptors (Lipinski definition) is 5. The molecule has 3 aromatic rings. The summed E-state index contributed by atoms with van der Waals surface area (Å²) in [6, 6.07) is 6.26. The van der Waals surface area contributed by atoms with Crippen molar-refractivity contribution in [3.63, 3.8) is 0 Å². The molecular formula is C26H35N7O2. The summed E-state index contributed by atoms with van der Waals surface area (Å²) in [7, 11) is 0. The van der Waals surface area contributed by atoms with E-state index in [1.807, 2.05) is 16.8 Å². The van der Waals surface area contributed by atoms with Gasteiger partial charge in [-0.05, 0) is 75.0 Å². The molecule has 9 heteroatoms. The zero-order valence-corrected chi connectivity index (χ0v) is 20.4. The standard InChI is InChI=1S/C25H32N6O.CH3NO/c1-2-30-21(8-12-27-30)23(18-14-25(15-18)9-4-10-25)20-16-31-22(28-20)7-6-19(29-31)13-17-5-3-11-26-24(17)32;2-1-3/h6-8,12,16-18,23H,2-5,9-11,13-15H2,1H3,(H,26,32);1H,(H2,2,3). The second-order valence-corrected chi connectivity index (χ2v) is 10.3. The van der Waals surface area contributed by atoms with Crippen LogP contribution in [0.4, 0.5) is 0 Å². The molecule has 3 aliphatic rings. The van der Waals surface area contributed by atoms with Gasteiger partial charge in [0, 0.05) is 43.2 Å². The van der Waals surface area contributed by atoms with Gasteiger partial charge in [0.2, 0.25) is 12.3 Å². The summed E-state index contributed by atoms with van der Waals surface area (Å²) in [6.07, 6.45) is 13.7. The molecule has 9 nitrogen and oxygen atoms in total. The molecule has 3 fully saturated rings. The minimum atomic E-state index is 0.0250. The van der Waals surface area contributed by atoms with Crippen LogP contribution in [0.2, 0.25) is 0 Å². The van der Waals surface area contributed by atoms with E-state index in [2.05, 4.69) is 46.1 Å². The van der Waals surface area contributed by atoms with Gasteiger partial charge in [-0.3, -0.25) is 14.3 Å². The largest absolute Gasteiger partial charge is 0.372 e. The number of fused-ring (bicyclic) bond motifs is 1. The summed E-state index contributed by atoms with van der Waals surface area (Å²) >= 11 is 0. The molecule has 1 spiro atoms. The summed E-state index contributed by atoms with van der Waals surface area (Å²) in [4.78, 5) is 25.8. The van der Waals surface area contributed by atoms with Gasteiger partial charge in [-0.2, -0.15) is 10.2 Å². The minimum absolute atomic E-state index is 0.0250. The van der Waals surface area contributed by atoms with Gasteiger partial charge < -0.3 is 11.1 Å². The smallest absolute Gasteiger partial charge is 0.223 e. The maximum Gasteiger partial charge on any atom is 0.223 e. The number of amides is 2.